The highest BCUT2D eigenvalue weighted by Gasteiger charge is 2.20. The van der Waals surface area contributed by atoms with Crippen LogP contribution in [0.25, 0.3) is 33.1 Å². The number of nitrogens with zero attached hydrogens (tertiary/aromatic N) is 3. The Morgan fingerprint density at radius 2 is 2.03 bits per heavy atom. The molecule has 32 heavy (non-hydrogen) atoms. The van der Waals surface area contributed by atoms with Crippen molar-refractivity contribution in [2.75, 3.05) is 7.05 Å². The molecule has 7 heteroatoms. The Labute approximate surface area is 183 Å². The van der Waals surface area contributed by atoms with E-state index in [0.29, 0.717) is 17.7 Å². The van der Waals surface area contributed by atoms with Crippen LogP contribution < -0.4 is 0 Å². The molecule has 0 atom stereocenters. The van der Waals surface area contributed by atoms with Crippen molar-refractivity contribution in [1.29, 1.82) is 0 Å². The first-order valence-corrected chi connectivity index (χ1v) is 10.3. The van der Waals surface area contributed by atoms with Crippen LogP contribution >= 0.6 is 0 Å². The predicted molar refractivity (Wildman–Crippen MR) is 120 cm³/mol. The lowest BCUT2D eigenvalue weighted by molar-refractivity contribution is -0.129. The molecule has 5 rings (SSSR count). The van der Waals surface area contributed by atoms with Crippen LogP contribution in [0, 0.1) is 12.7 Å². The Kier molecular flexibility index (Phi) is 4.93. The maximum atomic E-state index is 14.1. The topological polar surface area (TPSA) is 75.0 Å². The molecule has 0 spiro atoms. The molecule has 3 heterocycles. The number of H-pyrrole nitrogens is 1. The summed E-state index contributed by atoms with van der Waals surface area (Å²) < 4.78 is 19.3. The van der Waals surface area contributed by atoms with E-state index in [9.17, 15) is 9.18 Å². The van der Waals surface area contributed by atoms with Crippen molar-refractivity contribution >= 4 is 27.7 Å². The molecule has 0 bridgehead atoms. The number of likely N-dealkylation sites (N-methyl/N-ethyl adjacent to an activating group) is 1. The second-order valence-corrected chi connectivity index (χ2v) is 7.94. The number of hydrogen-bond acceptors (Lipinski definition) is 4. The molecular weight excluding hydrogens is 407 g/mol. The summed E-state index contributed by atoms with van der Waals surface area (Å²) in [5.41, 5.74) is 4.91. The quantitative estimate of drug-likeness (QED) is 0.427. The maximum Gasteiger partial charge on any atom is 0.227 e. The van der Waals surface area contributed by atoms with Gasteiger partial charge in [-0.05, 0) is 54.4 Å². The van der Waals surface area contributed by atoms with Crippen LogP contribution in [0.5, 0.6) is 0 Å². The zero-order valence-corrected chi connectivity index (χ0v) is 17.7. The maximum absolute atomic E-state index is 14.1. The van der Waals surface area contributed by atoms with Crippen molar-refractivity contribution < 1.29 is 13.7 Å². The van der Waals surface area contributed by atoms with Gasteiger partial charge >= 0.3 is 0 Å². The first-order valence-electron chi connectivity index (χ1n) is 10.3. The first-order chi connectivity index (χ1) is 15.5. The third-order valence-corrected chi connectivity index (χ3v) is 5.58. The molecule has 0 aliphatic carbocycles. The monoisotopic (exact) mass is 428 g/mol. The third-order valence-electron chi connectivity index (χ3n) is 5.58. The fourth-order valence-corrected chi connectivity index (χ4v) is 3.98. The van der Waals surface area contributed by atoms with Crippen molar-refractivity contribution in [2.24, 2.45) is 0 Å². The lowest BCUT2D eigenvalue weighted by atomic mass is 10.0. The lowest BCUT2D eigenvalue weighted by Gasteiger charge is -2.16. The number of nitrogens with one attached hydrogen (secondary N) is 1. The highest BCUT2D eigenvalue weighted by atomic mass is 19.1. The predicted octanol–water partition coefficient (Wildman–Crippen LogP) is 5.02. The number of fused-ring (bicyclic) bond motifs is 2. The molecule has 0 aliphatic heterocycles. The smallest absolute Gasteiger partial charge is 0.227 e. The number of carbonyl (C=O) groups is 1. The second kappa shape index (κ2) is 7.92. The van der Waals surface area contributed by atoms with E-state index in [1.54, 1.807) is 30.3 Å². The molecule has 0 fully saturated rings. The molecule has 6 nitrogen and oxygen atoms in total. The van der Waals surface area contributed by atoms with E-state index in [2.05, 4.69) is 15.1 Å². The molecule has 1 amide bonds. The number of pyridine rings is 1. The Morgan fingerprint density at radius 3 is 2.84 bits per heavy atom. The lowest BCUT2D eigenvalue weighted by Crippen LogP contribution is -2.27. The van der Waals surface area contributed by atoms with E-state index in [1.807, 2.05) is 37.3 Å². The van der Waals surface area contributed by atoms with Crippen LogP contribution in [0.2, 0.25) is 0 Å². The zero-order chi connectivity index (χ0) is 22.2. The molecule has 0 radical (unpaired) electrons. The molecule has 0 saturated heterocycles. The fraction of sp³-hybridized carbons (Fsp3) is 0.160. The molecule has 1 N–H and O–H groups in total. The molecule has 0 aliphatic rings. The van der Waals surface area contributed by atoms with E-state index >= 15 is 0 Å². The zero-order valence-electron chi connectivity index (χ0n) is 17.7. The number of amides is 1. The van der Waals surface area contributed by atoms with Crippen LogP contribution in [-0.4, -0.2) is 33.0 Å². The number of benzene rings is 2. The number of carbonyl (C=O) groups excluding carboxylic acids is 1. The molecule has 2 aromatic carbocycles. The Balaban J connectivity index is 1.54. The van der Waals surface area contributed by atoms with Gasteiger partial charge in [-0.15, -0.1) is 0 Å². The summed E-state index contributed by atoms with van der Waals surface area (Å²) in [6.45, 7) is 2.15. The van der Waals surface area contributed by atoms with Crippen molar-refractivity contribution in [3.8, 4) is 11.3 Å². The summed E-state index contributed by atoms with van der Waals surface area (Å²) >= 11 is 0. The number of hydrogen-bond donors (Lipinski definition) is 1. The second-order valence-electron chi connectivity index (χ2n) is 7.94. The summed E-state index contributed by atoms with van der Waals surface area (Å²) in [7, 11) is 1.72. The number of aromatic nitrogens is 3. The standard InChI is InChI=1S/C25H21FN4O2/c1-15-10-19(32-29-15)14-30(2)24(31)13-21-20-12-18(26)6-8-23(20)28-25(21)17-5-7-22-16(11-17)4-3-9-27-22/h3-12,28H,13-14H2,1-2H3. The summed E-state index contributed by atoms with van der Waals surface area (Å²) in [4.78, 5) is 22.4. The summed E-state index contributed by atoms with van der Waals surface area (Å²) in [5, 5.41) is 5.56. The van der Waals surface area contributed by atoms with Crippen LogP contribution in [0.15, 0.2) is 65.3 Å². The average Bonchev–Trinajstić information content (AvgIpc) is 3.36. The van der Waals surface area contributed by atoms with Crippen LogP contribution in [0.3, 0.4) is 0 Å². The minimum Gasteiger partial charge on any atom is -0.359 e. The summed E-state index contributed by atoms with van der Waals surface area (Å²) in [6.07, 6.45) is 1.87. The van der Waals surface area contributed by atoms with Crippen LogP contribution in [-0.2, 0) is 17.8 Å². The highest BCUT2D eigenvalue weighted by molar-refractivity contribution is 5.96. The summed E-state index contributed by atoms with van der Waals surface area (Å²) in [5.74, 6) is 0.170. The Morgan fingerprint density at radius 1 is 1.16 bits per heavy atom. The van der Waals surface area contributed by atoms with Crippen LogP contribution in [0.1, 0.15) is 17.0 Å². The van der Waals surface area contributed by atoms with Gasteiger partial charge in [0, 0.05) is 35.6 Å². The Bertz CT molecular complexity index is 1450. The molecular formula is C25H21FN4O2. The summed E-state index contributed by atoms with van der Waals surface area (Å²) in [6, 6.07) is 16.2. The van der Waals surface area contributed by atoms with Crippen LogP contribution in [0.4, 0.5) is 4.39 Å². The molecule has 3 aromatic heterocycles. The van der Waals surface area contributed by atoms with Gasteiger partial charge in [0.05, 0.1) is 29.9 Å². The van der Waals surface area contributed by atoms with Crippen molar-refractivity contribution in [2.45, 2.75) is 19.9 Å². The minimum atomic E-state index is -0.343. The van der Waals surface area contributed by atoms with E-state index in [4.69, 9.17) is 4.52 Å². The third kappa shape index (κ3) is 3.73. The van der Waals surface area contributed by atoms with Gasteiger partial charge in [0.25, 0.3) is 0 Å². The van der Waals surface area contributed by atoms with Crippen molar-refractivity contribution in [3.63, 3.8) is 0 Å². The first kappa shape index (κ1) is 19.9. The normalized spacial score (nSPS) is 11.3. The fourth-order valence-electron chi connectivity index (χ4n) is 3.98. The molecule has 160 valence electrons. The van der Waals surface area contributed by atoms with Crippen molar-refractivity contribution in [1.82, 2.24) is 20.0 Å². The Hall–Kier alpha value is -4.00. The van der Waals surface area contributed by atoms with Gasteiger partial charge in [0.15, 0.2) is 5.76 Å². The number of halogens is 1. The van der Waals surface area contributed by atoms with Gasteiger partial charge in [0.1, 0.15) is 5.82 Å². The number of aryl methyl sites for hydroxylation is 1. The van der Waals surface area contributed by atoms with Gasteiger partial charge in [-0.25, -0.2) is 4.39 Å². The van der Waals surface area contributed by atoms with Gasteiger partial charge < -0.3 is 14.4 Å². The highest BCUT2D eigenvalue weighted by Crippen LogP contribution is 2.33. The van der Waals surface area contributed by atoms with Gasteiger partial charge in [-0.3, -0.25) is 9.78 Å². The van der Waals surface area contributed by atoms with Gasteiger partial charge in [0.2, 0.25) is 5.91 Å². The average molecular weight is 428 g/mol. The van der Waals surface area contributed by atoms with Crippen molar-refractivity contribution in [3.05, 3.63) is 83.6 Å². The van der Waals surface area contributed by atoms with E-state index < -0.39 is 0 Å². The largest absolute Gasteiger partial charge is 0.359 e. The SMILES string of the molecule is Cc1cc(CN(C)C(=O)Cc2c(-c3ccc4ncccc4c3)[nH]c3ccc(F)cc23)on1. The molecule has 0 saturated carbocycles. The molecule has 5 aromatic rings. The minimum absolute atomic E-state index is 0.104. The van der Waals surface area contributed by atoms with Gasteiger partial charge in [-0.2, -0.15) is 0 Å². The number of aromatic amines is 1. The number of rotatable bonds is 5. The molecule has 0 unspecified atom stereocenters. The van der Waals surface area contributed by atoms with E-state index in [1.165, 1.54) is 12.1 Å². The van der Waals surface area contributed by atoms with E-state index in [0.717, 1.165) is 38.9 Å². The van der Waals surface area contributed by atoms with E-state index in [-0.39, 0.29) is 18.1 Å². The van der Waals surface area contributed by atoms with Gasteiger partial charge in [-0.1, -0.05) is 17.3 Å².